The molecular weight excluding hydrogens is 621 g/mol. The first-order valence-electron chi connectivity index (χ1n) is 19.9. The maximum atomic E-state index is 6.73. The summed E-state index contributed by atoms with van der Waals surface area (Å²) in [4.78, 5) is 23.6. The maximum absolute atomic E-state index is 6.73. The molecule has 14 aliphatic heterocycles. The fourth-order valence-corrected chi connectivity index (χ4v) is 8.59. The first-order valence-corrected chi connectivity index (χ1v) is 19.9. The van der Waals surface area contributed by atoms with Crippen LogP contribution in [0.15, 0.2) is 48.5 Å². The average Bonchev–Trinajstić information content (AvgIpc) is 3.14. The summed E-state index contributed by atoms with van der Waals surface area (Å²) in [7, 11) is 2.31. The molecule has 14 heterocycles. The smallest absolute Gasteiger partial charge is 0.0297 e. The molecule has 0 radical (unpaired) electrons. The molecule has 2 aromatic carbocycles. The molecule has 2 N–H and O–H groups in total. The summed E-state index contributed by atoms with van der Waals surface area (Å²) in [5, 5.41) is 0. The van der Waals surface area contributed by atoms with Crippen LogP contribution in [0.5, 0.6) is 0 Å². The van der Waals surface area contributed by atoms with Gasteiger partial charge in [-0.05, 0) is 29.3 Å². The molecule has 10 nitrogen and oxygen atoms in total. The molecular formula is C40H66N10. The van der Waals surface area contributed by atoms with Gasteiger partial charge in [-0.2, -0.15) is 0 Å². The normalized spacial score (nSPS) is 35.8. The van der Waals surface area contributed by atoms with Crippen LogP contribution in [0.3, 0.4) is 0 Å². The molecule has 0 aromatic heterocycles. The summed E-state index contributed by atoms with van der Waals surface area (Å²) in [6.45, 7) is 29.4. The lowest BCUT2D eigenvalue weighted by molar-refractivity contribution is 0.0980. The van der Waals surface area contributed by atoms with Crippen molar-refractivity contribution in [2.45, 2.75) is 32.2 Å². The van der Waals surface area contributed by atoms with Crippen molar-refractivity contribution < 1.29 is 0 Å². The lowest BCUT2D eigenvalue weighted by Gasteiger charge is -2.38. The number of rotatable bonds is 0. The Morgan fingerprint density at radius 3 is 0.840 bits per heavy atom. The Hall–Kier alpha value is -1.96. The van der Waals surface area contributed by atoms with Gasteiger partial charge >= 0.3 is 0 Å². The first kappa shape index (κ1) is 36.4. The zero-order valence-electron chi connectivity index (χ0n) is 31.2. The highest BCUT2D eigenvalue weighted by Crippen LogP contribution is 2.16. The van der Waals surface area contributed by atoms with Crippen LogP contribution in [-0.4, -0.2) is 201 Å². The van der Waals surface area contributed by atoms with Crippen molar-refractivity contribution in [1.29, 1.82) is 0 Å². The van der Waals surface area contributed by atoms with E-state index in [4.69, 9.17) is 5.73 Å². The topological polar surface area (TPSA) is 55.2 Å². The third-order valence-electron chi connectivity index (χ3n) is 12.1. The van der Waals surface area contributed by atoms with E-state index >= 15 is 0 Å². The zero-order valence-corrected chi connectivity index (χ0v) is 31.2. The summed E-state index contributed by atoms with van der Waals surface area (Å²) in [5.74, 6) is 0. The zero-order chi connectivity index (χ0) is 34.1. The van der Waals surface area contributed by atoms with Crippen LogP contribution in [0.2, 0.25) is 0 Å². The average molecular weight is 687 g/mol. The third kappa shape index (κ3) is 11.0. The van der Waals surface area contributed by atoms with Gasteiger partial charge in [-0.3, -0.25) is 39.2 Å². The fourth-order valence-electron chi connectivity index (χ4n) is 8.59. The minimum atomic E-state index is 0.220. The van der Waals surface area contributed by atoms with Gasteiger partial charge in [-0.25, -0.2) is 0 Å². The van der Waals surface area contributed by atoms with E-state index < -0.39 is 0 Å². The van der Waals surface area contributed by atoms with E-state index in [1.54, 1.807) is 0 Å². The van der Waals surface area contributed by atoms with Crippen molar-refractivity contribution in [2.75, 3.05) is 151 Å². The number of hydrogen-bond acceptors (Lipinski definition) is 10. The molecule has 0 atom stereocenters. The molecule has 16 rings (SSSR count). The van der Waals surface area contributed by atoms with Crippen molar-refractivity contribution in [1.82, 2.24) is 44.1 Å². The monoisotopic (exact) mass is 687 g/mol. The van der Waals surface area contributed by atoms with Crippen LogP contribution in [0, 0.1) is 0 Å². The second-order valence-corrected chi connectivity index (χ2v) is 16.1. The van der Waals surface area contributed by atoms with Gasteiger partial charge in [0.15, 0.2) is 0 Å². The Morgan fingerprint density at radius 2 is 0.560 bits per heavy atom. The Morgan fingerprint density at radius 1 is 0.340 bits per heavy atom. The van der Waals surface area contributed by atoms with Crippen LogP contribution in [-0.2, 0) is 26.2 Å². The van der Waals surface area contributed by atoms with E-state index in [0.29, 0.717) is 0 Å². The van der Waals surface area contributed by atoms with E-state index in [9.17, 15) is 0 Å². The van der Waals surface area contributed by atoms with Crippen LogP contribution >= 0.6 is 0 Å². The van der Waals surface area contributed by atoms with Crippen LogP contribution in [0.4, 0.5) is 0 Å². The second kappa shape index (κ2) is 18.2. The standard InChI is InChI=1S/C40H66N10/c1-42-10-12-43-14-18-45(19-15-43)30-36-2-6-38(7-3-36)32-47-22-26-49(27-23-47)34-40(41)35-50-28-24-48(25-29-50)33-39-8-4-37(5-9-39)31-46-20-16-44(13-11-42)17-21-46/h2-9,40H,10-35,41H2,1H3. The largest absolute Gasteiger partial charge is 0.325 e. The fraction of sp³-hybridized carbons (Fsp3) is 0.700. The number of benzene rings is 2. The molecule has 0 spiro atoms. The maximum Gasteiger partial charge on any atom is 0.0297 e. The van der Waals surface area contributed by atoms with Crippen molar-refractivity contribution in [3.63, 3.8) is 0 Å². The Bertz CT molecular complexity index is 1160. The van der Waals surface area contributed by atoms with Gasteiger partial charge in [0.1, 0.15) is 0 Å². The summed E-state index contributed by atoms with van der Waals surface area (Å²) < 4.78 is 0. The minimum Gasteiger partial charge on any atom is -0.325 e. The third-order valence-corrected chi connectivity index (χ3v) is 12.1. The Balaban J connectivity index is 0.914. The van der Waals surface area contributed by atoms with E-state index in [1.165, 1.54) is 87.7 Å². The van der Waals surface area contributed by atoms with Crippen molar-refractivity contribution in [3.8, 4) is 0 Å². The molecule has 0 unspecified atom stereocenters. The van der Waals surface area contributed by atoms with Gasteiger partial charge in [0.25, 0.3) is 0 Å². The molecule has 276 valence electrons. The van der Waals surface area contributed by atoms with Crippen molar-refractivity contribution >= 4 is 0 Å². The molecule has 10 heteroatoms. The molecule has 2 aromatic rings. The summed E-state index contributed by atoms with van der Waals surface area (Å²) in [5.41, 5.74) is 12.5. The molecule has 50 heavy (non-hydrogen) atoms. The van der Waals surface area contributed by atoms with E-state index in [2.05, 4.69) is 99.7 Å². The highest BCUT2D eigenvalue weighted by Gasteiger charge is 2.24. The number of likely N-dealkylation sites (N-methyl/N-ethyl adjacent to an activating group) is 1. The van der Waals surface area contributed by atoms with Gasteiger partial charge in [-0.1, -0.05) is 48.5 Å². The first-order chi connectivity index (χ1) is 24.5. The lowest BCUT2D eigenvalue weighted by atomic mass is 10.1. The van der Waals surface area contributed by atoms with Crippen LogP contribution < -0.4 is 5.73 Å². The Labute approximate surface area is 303 Å². The van der Waals surface area contributed by atoms with Gasteiger partial charge in [0.2, 0.25) is 0 Å². The van der Waals surface area contributed by atoms with E-state index in [-0.39, 0.29) is 6.04 Å². The molecule has 4 saturated heterocycles. The van der Waals surface area contributed by atoms with Crippen LogP contribution in [0.1, 0.15) is 22.3 Å². The summed E-state index contributed by atoms with van der Waals surface area (Å²) in [6, 6.07) is 19.2. The lowest BCUT2D eigenvalue weighted by Crippen LogP contribution is -2.54. The highest BCUT2D eigenvalue weighted by molar-refractivity contribution is 5.23. The van der Waals surface area contributed by atoms with Gasteiger partial charge < -0.3 is 10.6 Å². The van der Waals surface area contributed by atoms with Crippen molar-refractivity contribution in [3.05, 3.63) is 70.8 Å². The number of hydrogen-bond donors (Lipinski definition) is 1. The predicted octanol–water partition coefficient (Wildman–Crippen LogP) is 1.13. The van der Waals surface area contributed by atoms with E-state index in [0.717, 1.165) is 105 Å². The Kier molecular flexibility index (Phi) is 13.2. The minimum absolute atomic E-state index is 0.220. The molecule has 0 amide bonds. The molecule has 4 fully saturated rings. The number of nitrogens with zero attached hydrogens (tertiary/aromatic N) is 9. The van der Waals surface area contributed by atoms with Crippen molar-refractivity contribution in [2.24, 2.45) is 5.73 Å². The van der Waals surface area contributed by atoms with Crippen LogP contribution in [0.25, 0.3) is 0 Å². The van der Waals surface area contributed by atoms with Gasteiger partial charge in [0, 0.05) is 176 Å². The predicted molar refractivity (Wildman–Crippen MR) is 205 cm³/mol. The number of piperazine rings is 4. The quantitative estimate of drug-likeness (QED) is 0.437. The molecule has 0 aliphatic carbocycles. The summed E-state index contributed by atoms with van der Waals surface area (Å²) >= 11 is 0. The van der Waals surface area contributed by atoms with Gasteiger partial charge in [0.05, 0.1) is 0 Å². The molecule has 12 bridgehead atoms. The highest BCUT2D eigenvalue weighted by atomic mass is 15.3. The summed E-state index contributed by atoms with van der Waals surface area (Å²) in [6.07, 6.45) is 0. The molecule has 0 saturated carbocycles. The van der Waals surface area contributed by atoms with E-state index in [1.807, 2.05) is 0 Å². The molecule has 14 aliphatic rings. The number of nitrogens with two attached hydrogens (primary N) is 1. The van der Waals surface area contributed by atoms with Gasteiger partial charge in [-0.15, -0.1) is 0 Å². The second-order valence-electron chi connectivity index (χ2n) is 16.1. The SMILES string of the molecule is CN1CCN2CCN(CC2)Cc2ccc(cc2)CN2CCN(CC2)CC(N)CN2CCN(CC2)Cc2ccc(cc2)CN2CCN(CC1)CC2.